The van der Waals surface area contributed by atoms with E-state index in [1.807, 2.05) is 38.1 Å². The number of hydrogen-bond acceptors (Lipinski definition) is 3. The lowest BCUT2D eigenvalue weighted by Crippen LogP contribution is -2.49. The average Bonchev–Trinajstić information content (AvgIpc) is 2.59. The van der Waals surface area contributed by atoms with Gasteiger partial charge in [0.25, 0.3) is 0 Å². The van der Waals surface area contributed by atoms with Crippen LogP contribution >= 0.6 is 0 Å². The van der Waals surface area contributed by atoms with Crippen molar-refractivity contribution in [3.8, 4) is 5.75 Å². The van der Waals surface area contributed by atoms with Crippen molar-refractivity contribution in [3.63, 3.8) is 0 Å². The van der Waals surface area contributed by atoms with Gasteiger partial charge in [-0.05, 0) is 42.9 Å². The molecular formula is C20H30N2O4. The number of benzene rings is 1. The first-order valence-electron chi connectivity index (χ1n) is 9.27. The molecule has 1 saturated heterocycles. The number of carbonyl (C=O) groups excluding carboxylic acids is 1. The van der Waals surface area contributed by atoms with Crippen LogP contribution in [0, 0.1) is 17.8 Å². The number of hydrogen-bond donors (Lipinski definition) is 2. The largest absolute Gasteiger partial charge is 0.493 e. The molecule has 1 fully saturated rings. The Morgan fingerprint density at radius 1 is 1.23 bits per heavy atom. The predicted octanol–water partition coefficient (Wildman–Crippen LogP) is 3.53. The number of piperidine rings is 1. The van der Waals surface area contributed by atoms with Gasteiger partial charge in [-0.15, -0.1) is 0 Å². The van der Waals surface area contributed by atoms with Crippen molar-refractivity contribution in [2.45, 2.75) is 40.2 Å². The van der Waals surface area contributed by atoms with E-state index in [2.05, 4.69) is 19.2 Å². The number of nitrogens with one attached hydrogen (secondary N) is 1. The molecule has 6 heteroatoms. The smallest absolute Gasteiger partial charge is 0.317 e. The maximum atomic E-state index is 12.5. The van der Waals surface area contributed by atoms with Crippen LogP contribution in [-0.2, 0) is 4.79 Å². The quantitative estimate of drug-likeness (QED) is 0.811. The van der Waals surface area contributed by atoms with E-state index < -0.39 is 11.9 Å². The summed E-state index contributed by atoms with van der Waals surface area (Å²) in [4.78, 5) is 25.4. The number of amides is 2. The minimum Gasteiger partial charge on any atom is -0.493 e. The van der Waals surface area contributed by atoms with Crippen LogP contribution in [0.3, 0.4) is 0 Å². The van der Waals surface area contributed by atoms with Gasteiger partial charge in [0.1, 0.15) is 5.75 Å². The normalized spacial score (nSPS) is 21.3. The van der Waals surface area contributed by atoms with Gasteiger partial charge >= 0.3 is 12.0 Å². The summed E-state index contributed by atoms with van der Waals surface area (Å²) in [5, 5.41) is 12.2. The van der Waals surface area contributed by atoms with Crippen LogP contribution in [-0.4, -0.2) is 41.7 Å². The van der Waals surface area contributed by atoms with Crippen molar-refractivity contribution >= 4 is 12.0 Å². The van der Waals surface area contributed by atoms with Crippen molar-refractivity contribution in [3.05, 3.63) is 29.8 Å². The number of urea groups is 1. The number of carbonyl (C=O) groups is 2. The highest BCUT2D eigenvalue weighted by molar-refractivity contribution is 5.77. The van der Waals surface area contributed by atoms with Gasteiger partial charge in [-0.25, -0.2) is 4.79 Å². The first-order valence-corrected chi connectivity index (χ1v) is 9.27. The SMILES string of the molecule is CC(C)COc1ccc(C(C)NC(=O)N2CC(C)CC(C(=O)O)C2)cc1. The standard InChI is InChI=1S/C20H30N2O4/c1-13(2)12-26-18-7-5-16(6-8-18)15(4)21-20(25)22-10-14(3)9-17(11-22)19(23)24/h5-8,13-15,17H,9-12H2,1-4H3,(H,21,25)(H,23,24). The fourth-order valence-corrected chi connectivity index (χ4v) is 3.17. The van der Waals surface area contributed by atoms with Crippen molar-refractivity contribution in [2.75, 3.05) is 19.7 Å². The molecule has 0 aliphatic carbocycles. The summed E-state index contributed by atoms with van der Waals surface area (Å²) in [6.07, 6.45) is 0.618. The van der Waals surface area contributed by atoms with Gasteiger partial charge in [0, 0.05) is 13.1 Å². The zero-order chi connectivity index (χ0) is 19.3. The predicted molar refractivity (Wildman–Crippen MR) is 100 cm³/mol. The summed E-state index contributed by atoms with van der Waals surface area (Å²) in [6, 6.07) is 7.32. The molecule has 1 aliphatic rings. The van der Waals surface area contributed by atoms with Gasteiger partial charge in [0.15, 0.2) is 0 Å². The molecule has 2 rings (SSSR count). The van der Waals surface area contributed by atoms with Crippen LogP contribution in [0.1, 0.15) is 45.7 Å². The zero-order valence-electron chi connectivity index (χ0n) is 16.1. The van der Waals surface area contributed by atoms with E-state index in [0.717, 1.165) is 11.3 Å². The van der Waals surface area contributed by atoms with Crippen LogP contribution in [0.4, 0.5) is 4.79 Å². The van der Waals surface area contributed by atoms with E-state index in [1.54, 1.807) is 4.90 Å². The number of ether oxygens (including phenoxy) is 1. The lowest BCUT2D eigenvalue weighted by atomic mass is 9.91. The molecule has 1 aromatic carbocycles. The van der Waals surface area contributed by atoms with E-state index in [0.29, 0.717) is 25.5 Å². The Balaban J connectivity index is 1.92. The lowest BCUT2D eigenvalue weighted by Gasteiger charge is -2.35. The highest BCUT2D eigenvalue weighted by Crippen LogP contribution is 2.23. The second-order valence-electron chi connectivity index (χ2n) is 7.73. The number of carboxylic acids is 1. The number of aliphatic carboxylic acids is 1. The highest BCUT2D eigenvalue weighted by atomic mass is 16.5. The zero-order valence-corrected chi connectivity index (χ0v) is 16.1. The third-order valence-corrected chi connectivity index (χ3v) is 4.60. The van der Waals surface area contributed by atoms with E-state index in [1.165, 1.54) is 0 Å². The summed E-state index contributed by atoms with van der Waals surface area (Å²) in [5.41, 5.74) is 0.982. The second kappa shape index (κ2) is 8.92. The molecule has 1 aliphatic heterocycles. The Hall–Kier alpha value is -2.24. The molecule has 3 unspecified atom stereocenters. The van der Waals surface area contributed by atoms with Gasteiger partial charge in [0.05, 0.1) is 18.6 Å². The van der Waals surface area contributed by atoms with Gasteiger partial charge in [-0.3, -0.25) is 4.79 Å². The molecule has 6 nitrogen and oxygen atoms in total. The minimum atomic E-state index is -0.834. The molecular weight excluding hydrogens is 332 g/mol. The third kappa shape index (κ3) is 5.64. The molecule has 2 N–H and O–H groups in total. The van der Waals surface area contributed by atoms with Gasteiger partial charge in [0.2, 0.25) is 0 Å². The number of rotatable bonds is 6. The number of nitrogens with zero attached hydrogens (tertiary/aromatic N) is 1. The molecule has 1 heterocycles. The van der Waals surface area contributed by atoms with E-state index in [-0.39, 0.29) is 24.5 Å². The minimum absolute atomic E-state index is 0.165. The molecule has 0 radical (unpaired) electrons. The Bertz CT molecular complexity index is 615. The summed E-state index contributed by atoms with van der Waals surface area (Å²) in [6.45, 7) is 9.62. The Morgan fingerprint density at radius 2 is 1.88 bits per heavy atom. The summed E-state index contributed by atoms with van der Waals surface area (Å²) in [7, 11) is 0. The van der Waals surface area contributed by atoms with Gasteiger partial charge in [-0.2, -0.15) is 0 Å². The van der Waals surface area contributed by atoms with Crippen LogP contribution in [0.25, 0.3) is 0 Å². The molecule has 0 aromatic heterocycles. The number of likely N-dealkylation sites (tertiary alicyclic amines) is 1. The van der Waals surface area contributed by atoms with Gasteiger partial charge < -0.3 is 20.1 Å². The topological polar surface area (TPSA) is 78.9 Å². The first kappa shape index (κ1) is 20.1. The maximum absolute atomic E-state index is 12.5. The highest BCUT2D eigenvalue weighted by Gasteiger charge is 2.32. The molecule has 26 heavy (non-hydrogen) atoms. The van der Waals surface area contributed by atoms with Crippen LogP contribution in [0.2, 0.25) is 0 Å². The molecule has 1 aromatic rings. The fourth-order valence-electron chi connectivity index (χ4n) is 3.17. The monoisotopic (exact) mass is 362 g/mol. The molecule has 0 spiro atoms. The van der Waals surface area contributed by atoms with Crippen LogP contribution in [0.5, 0.6) is 5.75 Å². The fraction of sp³-hybridized carbons (Fsp3) is 0.600. The molecule has 2 amide bonds. The van der Waals surface area contributed by atoms with Gasteiger partial charge in [-0.1, -0.05) is 32.9 Å². The molecule has 144 valence electrons. The Morgan fingerprint density at radius 3 is 2.46 bits per heavy atom. The van der Waals surface area contributed by atoms with Crippen LogP contribution < -0.4 is 10.1 Å². The summed E-state index contributed by atoms with van der Waals surface area (Å²) in [5.74, 6) is 0.143. The maximum Gasteiger partial charge on any atom is 0.317 e. The van der Waals surface area contributed by atoms with E-state index in [4.69, 9.17) is 4.74 Å². The van der Waals surface area contributed by atoms with Crippen molar-refractivity contribution in [1.82, 2.24) is 10.2 Å². The molecule has 3 atom stereocenters. The lowest BCUT2D eigenvalue weighted by molar-refractivity contribution is -0.143. The molecule has 0 saturated carbocycles. The van der Waals surface area contributed by atoms with E-state index >= 15 is 0 Å². The van der Waals surface area contributed by atoms with E-state index in [9.17, 15) is 14.7 Å². The Kier molecular flexibility index (Phi) is 6.89. The summed E-state index contributed by atoms with van der Waals surface area (Å²) >= 11 is 0. The average molecular weight is 362 g/mol. The second-order valence-corrected chi connectivity index (χ2v) is 7.73. The first-order chi connectivity index (χ1) is 12.3. The third-order valence-electron chi connectivity index (χ3n) is 4.60. The summed E-state index contributed by atoms with van der Waals surface area (Å²) < 4.78 is 5.67. The Labute approximate surface area is 155 Å². The molecule has 0 bridgehead atoms. The van der Waals surface area contributed by atoms with Crippen molar-refractivity contribution < 1.29 is 19.4 Å². The van der Waals surface area contributed by atoms with Crippen molar-refractivity contribution in [2.24, 2.45) is 17.8 Å². The van der Waals surface area contributed by atoms with Crippen molar-refractivity contribution in [1.29, 1.82) is 0 Å². The number of carboxylic acid groups (broad SMARTS) is 1. The van der Waals surface area contributed by atoms with Crippen LogP contribution in [0.15, 0.2) is 24.3 Å².